The molecule has 40 heavy (non-hydrogen) atoms. The van der Waals surface area contributed by atoms with E-state index in [1.54, 1.807) is 6.07 Å². The van der Waals surface area contributed by atoms with Gasteiger partial charge in [0.05, 0.1) is 5.69 Å². The molecular weight excluding hydrogens is 508 g/mol. The highest BCUT2D eigenvalue weighted by Crippen LogP contribution is 2.44. The van der Waals surface area contributed by atoms with E-state index in [-0.39, 0.29) is 31.5 Å². The molecule has 6 rings (SSSR count). The van der Waals surface area contributed by atoms with E-state index in [4.69, 9.17) is 9.47 Å². The van der Waals surface area contributed by atoms with Crippen LogP contribution in [0.3, 0.4) is 0 Å². The van der Waals surface area contributed by atoms with Gasteiger partial charge in [-0.2, -0.15) is 0 Å². The number of carboxylic acids is 1. The Morgan fingerprint density at radius 3 is 2.25 bits per heavy atom. The average molecular weight is 535 g/mol. The standard InChI is InChI=1S/C32H26N2O6/c35-30-18-39-29-14-13-21(16-27(29)33-30)20-11-9-19(10-12-20)15-28(31(36)37)34-32(38)40-17-26-24-7-3-1-5-22(24)23-6-2-4-8-25(23)26/h1-14,16,26,28H,15,17-18H2,(H,33,35)(H,34,38)(H,36,37)/t28-/m0/s1. The van der Waals surface area contributed by atoms with Crippen molar-refractivity contribution in [3.05, 3.63) is 108 Å². The maximum atomic E-state index is 12.7. The topological polar surface area (TPSA) is 114 Å². The van der Waals surface area contributed by atoms with Crippen molar-refractivity contribution in [3.8, 4) is 28.0 Å². The van der Waals surface area contributed by atoms with Gasteiger partial charge in [-0.25, -0.2) is 9.59 Å². The molecule has 0 radical (unpaired) electrons. The van der Waals surface area contributed by atoms with Gasteiger partial charge >= 0.3 is 12.1 Å². The first kappa shape index (κ1) is 25.2. The normalized spacial score (nSPS) is 14.2. The molecule has 8 heteroatoms. The van der Waals surface area contributed by atoms with Gasteiger partial charge in [-0.3, -0.25) is 4.79 Å². The van der Waals surface area contributed by atoms with Gasteiger partial charge in [0.15, 0.2) is 6.61 Å². The smallest absolute Gasteiger partial charge is 0.407 e. The van der Waals surface area contributed by atoms with E-state index >= 15 is 0 Å². The number of hydrogen-bond acceptors (Lipinski definition) is 5. The first-order chi connectivity index (χ1) is 19.5. The lowest BCUT2D eigenvalue weighted by Crippen LogP contribution is -2.42. The summed E-state index contributed by atoms with van der Waals surface area (Å²) >= 11 is 0. The number of carboxylic acid groups (broad SMARTS) is 1. The molecule has 1 aliphatic carbocycles. The number of anilines is 1. The fraction of sp³-hybridized carbons (Fsp3) is 0.156. The summed E-state index contributed by atoms with van der Waals surface area (Å²) in [6.45, 7) is 0.100. The zero-order valence-electron chi connectivity index (χ0n) is 21.4. The first-order valence-electron chi connectivity index (χ1n) is 13.0. The number of rotatable bonds is 7. The molecule has 0 aromatic heterocycles. The van der Waals surface area contributed by atoms with E-state index in [2.05, 4.69) is 22.8 Å². The quantitative estimate of drug-likeness (QED) is 0.300. The molecule has 0 fully saturated rings. The number of amides is 2. The van der Waals surface area contributed by atoms with Gasteiger partial charge in [0.1, 0.15) is 18.4 Å². The van der Waals surface area contributed by atoms with Crippen LogP contribution in [0.5, 0.6) is 5.75 Å². The third kappa shape index (κ3) is 4.99. The number of hydrogen-bond donors (Lipinski definition) is 3. The van der Waals surface area contributed by atoms with Crippen LogP contribution in [0.25, 0.3) is 22.3 Å². The maximum absolute atomic E-state index is 12.7. The molecule has 2 aliphatic rings. The third-order valence-corrected chi connectivity index (χ3v) is 7.27. The Balaban J connectivity index is 1.09. The van der Waals surface area contributed by atoms with Gasteiger partial charge in [-0.05, 0) is 51.1 Å². The highest BCUT2D eigenvalue weighted by atomic mass is 16.5. The molecule has 2 amide bonds. The van der Waals surface area contributed by atoms with Crippen molar-refractivity contribution in [2.45, 2.75) is 18.4 Å². The molecule has 4 aromatic carbocycles. The molecule has 0 unspecified atom stereocenters. The van der Waals surface area contributed by atoms with Gasteiger partial charge in [0.2, 0.25) is 0 Å². The van der Waals surface area contributed by atoms with Crippen LogP contribution in [0.4, 0.5) is 10.5 Å². The van der Waals surface area contributed by atoms with Gasteiger partial charge in [0, 0.05) is 12.3 Å². The van der Waals surface area contributed by atoms with Crippen molar-refractivity contribution in [2.24, 2.45) is 0 Å². The molecule has 0 bridgehead atoms. The molecule has 0 spiro atoms. The fourth-order valence-corrected chi connectivity index (χ4v) is 5.31. The molecule has 1 aliphatic heterocycles. The Morgan fingerprint density at radius 2 is 1.57 bits per heavy atom. The number of carbonyl (C=O) groups excluding carboxylic acids is 2. The van der Waals surface area contributed by atoms with Crippen LogP contribution >= 0.6 is 0 Å². The molecule has 1 atom stereocenters. The average Bonchev–Trinajstić information content (AvgIpc) is 3.29. The Hall–Kier alpha value is -5.11. The zero-order valence-corrected chi connectivity index (χ0v) is 21.4. The predicted molar refractivity (Wildman–Crippen MR) is 149 cm³/mol. The minimum absolute atomic E-state index is 0.00411. The number of ether oxygens (including phenoxy) is 2. The van der Waals surface area contributed by atoms with E-state index in [1.165, 1.54) is 0 Å². The summed E-state index contributed by atoms with van der Waals surface area (Å²) in [5.41, 5.74) is 7.52. The molecule has 0 saturated heterocycles. The van der Waals surface area contributed by atoms with Gasteiger partial charge in [0.25, 0.3) is 5.91 Å². The molecular formula is C32H26N2O6. The molecule has 0 saturated carbocycles. The second-order valence-corrected chi connectivity index (χ2v) is 9.81. The highest BCUT2D eigenvalue weighted by Gasteiger charge is 2.30. The van der Waals surface area contributed by atoms with E-state index in [0.29, 0.717) is 11.4 Å². The van der Waals surface area contributed by atoms with Crippen molar-refractivity contribution in [2.75, 3.05) is 18.5 Å². The minimum Gasteiger partial charge on any atom is -0.482 e. The lowest BCUT2D eigenvalue weighted by atomic mass is 9.98. The van der Waals surface area contributed by atoms with Crippen molar-refractivity contribution in [1.29, 1.82) is 0 Å². The Labute approximate surface area is 230 Å². The second kappa shape index (κ2) is 10.6. The summed E-state index contributed by atoms with van der Waals surface area (Å²) in [6, 6.07) is 27.8. The fourth-order valence-electron chi connectivity index (χ4n) is 5.31. The molecule has 3 N–H and O–H groups in total. The largest absolute Gasteiger partial charge is 0.482 e. The van der Waals surface area contributed by atoms with Gasteiger partial charge in [-0.15, -0.1) is 0 Å². The van der Waals surface area contributed by atoms with E-state index in [9.17, 15) is 19.5 Å². The monoisotopic (exact) mass is 534 g/mol. The molecule has 1 heterocycles. The van der Waals surface area contributed by atoms with Crippen LogP contribution in [-0.4, -0.2) is 42.3 Å². The summed E-state index contributed by atoms with van der Waals surface area (Å²) < 4.78 is 10.9. The number of fused-ring (bicyclic) bond motifs is 4. The SMILES string of the molecule is O=C1COc2ccc(-c3ccc(C[C@H](NC(=O)OCC4c5ccccc5-c5ccccc54)C(=O)O)cc3)cc2N1. The zero-order chi connectivity index (χ0) is 27.6. The summed E-state index contributed by atoms with van der Waals surface area (Å²) in [5.74, 6) is -0.854. The summed E-state index contributed by atoms with van der Waals surface area (Å²) in [7, 11) is 0. The van der Waals surface area contributed by atoms with Crippen LogP contribution < -0.4 is 15.4 Å². The summed E-state index contributed by atoms with van der Waals surface area (Å²) in [5, 5.41) is 15.1. The minimum atomic E-state index is -1.15. The second-order valence-electron chi connectivity index (χ2n) is 9.81. The molecule has 8 nitrogen and oxygen atoms in total. The number of benzene rings is 4. The van der Waals surface area contributed by atoms with Crippen LogP contribution in [0.2, 0.25) is 0 Å². The highest BCUT2D eigenvalue weighted by molar-refractivity contribution is 5.96. The van der Waals surface area contributed by atoms with E-state index in [1.807, 2.05) is 72.8 Å². The van der Waals surface area contributed by atoms with Gasteiger partial charge < -0.3 is 25.2 Å². The Morgan fingerprint density at radius 1 is 0.925 bits per heavy atom. The predicted octanol–water partition coefficient (Wildman–Crippen LogP) is 5.22. The van der Waals surface area contributed by atoms with Crippen molar-refractivity contribution >= 4 is 23.7 Å². The third-order valence-electron chi connectivity index (χ3n) is 7.27. The van der Waals surface area contributed by atoms with Crippen molar-refractivity contribution in [1.82, 2.24) is 5.32 Å². The van der Waals surface area contributed by atoms with Crippen LogP contribution in [-0.2, 0) is 20.7 Å². The number of carbonyl (C=O) groups is 3. The number of aliphatic carboxylic acids is 1. The van der Waals surface area contributed by atoms with Crippen LogP contribution in [0.15, 0.2) is 91.0 Å². The summed E-state index contributed by atoms with van der Waals surface area (Å²) in [4.78, 5) is 36.3. The lowest BCUT2D eigenvalue weighted by Gasteiger charge is -2.19. The number of alkyl carbamates (subject to hydrolysis) is 1. The first-order valence-corrected chi connectivity index (χ1v) is 13.0. The number of nitrogens with one attached hydrogen (secondary N) is 2. The van der Waals surface area contributed by atoms with Crippen LogP contribution in [0, 0.1) is 0 Å². The van der Waals surface area contributed by atoms with Crippen LogP contribution in [0.1, 0.15) is 22.6 Å². The van der Waals surface area contributed by atoms with Crippen molar-refractivity contribution in [3.63, 3.8) is 0 Å². The van der Waals surface area contributed by atoms with Crippen molar-refractivity contribution < 1.29 is 29.0 Å². The molecule has 4 aromatic rings. The Kier molecular flexibility index (Phi) is 6.66. The van der Waals surface area contributed by atoms with E-state index < -0.39 is 18.1 Å². The molecule has 200 valence electrons. The Bertz CT molecular complexity index is 1570. The van der Waals surface area contributed by atoms with Gasteiger partial charge in [-0.1, -0.05) is 78.9 Å². The summed E-state index contributed by atoms with van der Waals surface area (Å²) in [6.07, 6.45) is -0.683. The van der Waals surface area contributed by atoms with E-state index in [0.717, 1.165) is 38.9 Å². The lowest BCUT2D eigenvalue weighted by molar-refractivity contribution is -0.139. The maximum Gasteiger partial charge on any atom is 0.407 e.